The molecule has 3 aromatic heterocycles. The Bertz CT molecular complexity index is 1190. The number of halogens is 3. The van der Waals surface area contributed by atoms with Crippen molar-refractivity contribution in [3.05, 3.63) is 30.2 Å². The van der Waals surface area contributed by atoms with Gasteiger partial charge in [0, 0.05) is 36.4 Å². The van der Waals surface area contributed by atoms with Crippen molar-refractivity contribution in [3.63, 3.8) is 0 Å². The van der Waals surface area contributed by atoms with Crippen LogP contribution in [-0.4, -0.2) is 48.0 Å². The number of hydrogen-bond donors (Lipinski definition) is 2. The van der Waals surface area contributed by atoms with E-state index in [-0.39, 0.29) is 0 Å². The summed E-state index contributed by atoms with van der Waals surface area (Å²) in [5.74, 6) is 0.0666. The van der Waals surface area contributed by atoms with Crippen molar-refractivity contribution in [1.82, 2.24) is 24.7 Å². The van der Waals surface area contributed by atoms with Gasteiger partial charge in [-0.1, -0.05) is 20.3 Å². The van der Waals surface area contributed by atoms with Gasteiger partial charge >= 0.3 is 12.1 Å². The van der Waals surface area contributed by atoms with Crippen molar-refractivity contribution >= 4 is 23.0 Å². The molecule has 2 bridgehead atoms. The molecule has 0 aliphatic heterocycles. The molecule has 3 atom stereocenters. The van der Waals surface area contributed by atoms with Crippen LogP contribution in [0.2, 0.25) is 0 Å². The SMILES string of the molecule is CC(C)c1c2cc(-c3ccnc(N[C@H]4C[C@@H]5CC[C@@H]4C5)n3)cnc2nn1C.O=C(O)C(F)(F)F. The highest BCUT2D eigenvalue weighted by Crippen LogP contribution is 2.45. The average molecular weight is 477 g/mol. The molecule has 0 saturated heterocycles. The number of aromatic nitrogens is 5. The van der Waals surface area contributed by atoms with Crippen molar-refractivity contribution in [1.29, 1.82) is 0 Å². The Hall–Kier alpha value is -3.24. The Labute approximate surface area is 194 Å². The molecular formula is C23H27F3N6O2. The first kappa shape index (κ1) is 23.9. The van der Waals surface area contributed by atoms with Crippen LogP contribution in [0, 0.1) is 11.8 Å². The molecule has 2 saturated carbocycles. The Morgan fingerprint density at radius 1 is 1.24 bits per heavy atom. The standard InChI is InChI=1S/C21H26N6.C2HF3O2/c1-12(2)19-16-10-15(11-23-20(16)26-27(19)3)17-6-7-22-21(24-17)25-18-9-13-4-5-14(18)8-13;3-2(4,5)1(6)7/h6-7,10-14,18H,4-5,8-9H2,1-3H3,(H,22,24,25);(H,6,7)/t13-,14-,18+;/m1./s1. The van der Waals surface area contributed by atoms with E-state index in [1.54, 1.807) is 0 Å². The Balaban J connectivity index is 0.000000344. The molecular weight excluding hydrogens is 449 g/mol. The number of hydrogen-bond acceptors (Lipinski definition) is 6. The maximum Gasteiger partial charge on any atom is 0.490 e. The van der Waals surface area contributed by atoms with Gasteiger partial charge in [-0.2, -0.15) is 18.3 Å². The summed E-state index contributed by atoms with van der Waals surface area (Å²) in [5, 5.41) is 16.4. The van der Waals surface area contributed by atoms with Crippen LogP contribution in [0.25, 0.3) is 22.3 Å². The summed E-state index contributed by atoms with van der Waals surface area (Å²) in [6.45, 7) is 4.37. The monoisotopic (exact) mass is 476 g/mol. The molecule has 0 radical (unpaired) electrons. The van der Waals surface area contributed by atoms with Gasteiger partial charge < -0.3 is 10.4 Å². The number of alkyl halides is 3. The highest BCUT2D eigenvalue weighted by molar-refractivity contribution is 5.83. The van der Waals surface area contributed by atoms with Gasteiger partial charge in [0.05, 0.1) is 11.4 Å². The van der Waals surface area contributed by atoms with Crippen LogP contribution < -0.4 is 5.32 Å². The summed E-state index contributed by atoms with van der Waals surface area (Å²) >= 11 is 0. The zero-order valence-corrected chi connectivity index (χ0v) is 19.2. The summed E-state index contributed by atoms with van der Waals surface area (Å²) in [5.41, 5.74) is 3.91. The lowest BCUT2D eigenvalue weighted by atomic mass is 9.95. The van der Waals surface area contributed by atoms with Gasteiger partial charge in [0.2, 0.25) is 5.95 Å². The highest BCUT2D eigenvalue weighted by atomic mass is 19.4. The zero-order valence-electron chi connectivity index (χ0n) is 19.2. The van der Waals surface area contributed by atoms with E-state index in [9.17, 15) is 13.2 Å². The van der Waals surface area contributed by atoms with Crippen molar-refractivity contribution < 1.29 is 23.1 Å². The minimum atomic E-state index is -5.08. The molecule has 3 aromatic rings. The minimum absolute atomic E-state index is 0.387. The number of rotatable bonds is 4. The molecule has 11 heteroatoms. The van der Waals surface area contributed by atoms with E-state index in [2.05, 4.69) is 40.3 Å². The second-order valence-electron chi connectivity index (χ2n) is 9.25. The first-order valence-corrected chi connectivity index (χ1v) is 11.3. The first-order chi connectivity index (χ1) is 16.0. The molecule has 0 aromatic carbocycles. The molecule has 34 heavy (non-hydrogen) atoms. The predicted octanol–water partition coefficient (Wildman–Crippen LogP) is 4.78. The molecule has 2 aliphatic carbocycles. The van der Waals surface area contributed by atoms with Crippen molar-refractivity contribution in [3.8, 4) is 11.3 Å². The summed E-state index contributed by atoms with van der Waals surface area (Å²) in [6.07, 6.45) is 4.01. The van der Waals surface area contributed by atoms with E-state index in [0.717, 1.165) is 40.1 Å². The number of aryl methyl sites for hydroxylation is 1. The third-order valence-electron chi connectivity index (χ3n) is 6.53. The van der Waals surface area contributed by atoms with Crippen LogP contribution in [0.3, 0.4) is 0 Å². The lowest BCUT2D eigenvalue weighted by Gasteiger charge is -2.22. The van der Waals surface area contributed by atoms with Gasteiger partial charge in [-0.05, 0) is 49.1 Å². The maximum atomic E-state index is 10.6. The first-order valence-electron chi connectivity index (χ1n) is 11.3. The number of carbonyl (C=O) groups is 1. The molecule has 8 nitrogen and oxygen atoms in total. The smallest absolute Gasteiger partial charge is 0.475 e. The van der Waals surface area contributed by atoms with Gasteiger partial charge in [-0.25, -0.2) is 19.7 Å². The minimum Gasteiger partial charge on any atom is -0.475 e. The van der Waals surface area contributed by atoms with Crippen LogP contribution in [0.15, 0.2) is 24.5 Å². The lowest BCUT2D eigenvalue weighted by molar-refractivity contribution is -0.192. The van der Waals surface area contributed by atoms with E-state index in [0.29, 0.717) is 12.0 Å². The molecule has 2 N–H and O–H groups in total. The third kappa shape index (κ3) is 4.97. The molecule has 3 heterocycles. The van der Waals surface area contributed by atoms with Crippen molar-refractivity contribution in [2.75, 3.05) is 5.32 Å². The van der Waals surface area contributed by atoms with Gasteiger partial charge in [0.15, 0.2) is 5.65 Å². The van der Waals surface area contributed by atoms with Gasteiger partial charge in [-0.3, -0.25) is 4.68 Å². The normalized spacial score (nSPS) is 21.6. The second kappa shape index (κ2) is 9.19. The number of nitrogens with zero attached hydrogens (tertiary/aromatic N) is 5. The average Bonchev–Trinajstić information content (AvgIpc) is 3.46. The molecule has 5 rings (SSSR count). The molecule has 0 unspecified atom stereocenters. The number of nitrogens with one attached hydrogen (secondary N) is 1. The number of carboxylic acid groups (broad SMARTS) is 1. The number of pyridine rings is 1. The predicted molar refractivity (Wildman–Crippen MR) is 120 cm³/mol. The summed E-state index contributed by atoms with van der Waals surface area (Å²) in [7, 11) is 1.98. The Morgan fingerprint density at radius 3 is 2.56 bits per heavy atom. The number of anilines is 1. The van der Waals surface area contributed by atoms with E-state index >= 15 is 0 Å². The Kier molecular flexibility index (Phi) is 6.46. The Morgan fingerprint density at radius 2 is 1.97 bits per heavy atom. The van der Waals surface area contributed by atoms with E-state index in [4.69, 9.17) is 14.9 Å². The number of fused-ring (bicyclic) bond motifs is 3. The van der Waals surface area contributed by atoms with Crippen LogP contribution in [0.5, 0.6) is 0 Å². The fraction of sp³-hybridized carbons (Fsp3) is 0.522. The fourth-order valence-corrected chi connectivity index (χ4v) is 5.10. The third-order valence-corrected chi connectivity index (χ3v) is 6.53. The molecule has 0 spiro atoms. The van der Waals surface area contributed by atoms with Crippen molar-refractivity contribution in [2.45, 2.75) is 57.7 Å². The van der Waals surface area contributed by atoms with Crippen LogP contribution >= 0.6 is 0 Å². The number of aliphatic carboxylic acids is 1. The topological polar surface area (TPSA) is 106 Å². The summed E-state index contributed by atoms with van der Waals surface area (Å²) in [4.78, 5) is 22.7. The fourth-order valence-electron chi connectivity index (χ4n) is 5.10. The quantitative estimate of drug-likeness (QED) is 0.558. The zero-order chi connectivity index (χ0) is 24.6. The highest BCUT2D eigenvalue weighted by Gasteiger charge is 2.40. The van der Waals surface area contributed by atoms with Gasteiger partial charge in [-0.15, -0.1) is 0 Å². The van der Waals surface area contributed by atoms with Crippen LogP contribution in [0.4, 0.5) is 19.1 Å². The van der Waals surface area contributed by atoms with Crippen LogP contribution in [-0.2, 0) is 11.8 Å². The summed E-state index contributed by atoms with van der Waals surface area (Å²) in [6, 6.07) is 4.65. The molecule has 182 valence electrons. The number of carboxylic acids is 1. The lowest BCUT2D eigenvalue weighted by Crippen LogP contribution is -2.26. The van der Waals surface area contributed by atoms with E-state index in [1.807, 2.05) is 30.2 Å². The maximum absolute atomic E-state index is 10.6. The van der Waals surface area contributed by atoms with Gasteiger partial charge in [0.25, 0.3) is 0 Å². The van der Waals surface area contributed by atoms with Crippen molar-refractivity contribution in [2.24, 2.45) is 18.9 Å². The van der Waals surface area contributed by atoms with Gasteiger partial charge in [0.1, 0.15) is 0 Å². The van der Waals surface area contributed by atoms with E-state index in [1.165, 1.54) is 31.4 Å². The van der Waals surface area contributed by atoms with Crippen LogP contribution in [0.1, 0.15) is 51.1 Å². The second-order valence-corrected chi connectivity index (χ2v) is 9.25. The molecule has 0 amide bonds. The van der Waals surface area contributed by atoms with E-state index < -0.39 is 12.1 Å². The molecule has 2 fully saturated rings. The molecule has 2 aliphatic rings. The largest absolute Gasteiger partial charge is 0.490 e. The summed E-state index contributed by atoms with van der Waals surface area (Å²) < 4.78 is 33.7.